The molecule has 106 valence electrons. The summed E-state index contributed by atoms with van der Waals surface area (Å²) in [6.45, 7) is 9.12. The van der Waals surface area contributed by atoms with Gasteiger partial charge in [0.15, 0.2) is 5.82 Å². The number of aryl methyl sites for hydroxylation is 1. The van der Waals surface area contributed by atoms with Gasteiger partial charge in [0.1, 0.15) is 0 Å². The number of halogens is 1. The molecule has 0 aromatic carbocycles. The van der Waals surface area contributed by atoms with Gasteiger partial charge in [0, 0.05) is 40.2 Å². The molecule has 1 N–H and O–H groups in total. The normalized spacial score (nSPS) is 11.7. The maximum atomic E-state index is 4.61. The van der Waals surface area contributed by atoms with Crippen LogP contribution in [0.4, 0.5) is 0 Å². The molecule has 2 aromatic heterocycles. The molecule has 2 heterocycles. The Kier molecular flexibility index (Phi) is 4.50. The van der Waals surface area contributed by atoms with Crippen molar-refractivity contribution in [2.45, 2.75) is 39.8 Å². The van der Waals surface area contributed by atoms with E-state index in [9.17, 15) is 0 Å². The number of rotatable bonds is 3. The monoisotopic (exact) mass is 334 g/mol. The van der Waals surface area contributed by atoms with Gasteiger partial charge in [-0.15, -0.1) is 0 Å². The molecule has 0 amide bonds. The second-order valence-electron chi connectivity index (χ2n) is 5.82. The van der Waals surface area contributed by atoms with E-state index in [1.54, 1.807) is 12.4 Å². The molecule has 0 aliphatic heterocycles. The van der Waals surface area contributed by atoms with Gasteiger partial charge in [-0.2, -0.15) is 0 Å². The van der Waals surface area contributed by atoms with Crippen LogP contribution in [0.2, 0.25) is 0 Å². The molecule has 0 saturated carbocycles. The molecule has 0 bridgehead atoms. The van der Waals surface area contributed by atoms with Crippen molar-refractivity contribution in [1.29, 1.82) is 0 Å². The fourth-order valence-electron chi connectivity index (χ4n) is 1.74. The third-order valence-electron chi connectivity index (χ3n) is 2.67. The molecule has 2 rings (SSSR count). The molecule has 0 spiro atoms. The molecular formula is C15H19BrN4. The third-order valence-corrected chi connectivity index (χ3v) is 3.10. The van der Waals surface area contributed by atoms with Crippen LogP contribution in [-0.4, -0.2) is 20.5 Å². The Morgan fingerprint density at radius 2 is 1.90 bits per heavy atom. The lowest BCUT2D eigenvalue weighted by Gasteiger charge is -2.20. The van der Waals surface area contributed by atoms with Crippen molar-refractivity contribution in [2.75, 3.05) is 0 Å². The summed E-state index contributed by atoms with van der Waals surface area (Å²) < 4.78 is 0.925. The Bertz CT molecular complexity index is 605. The van der Waals surface area contributed by atoms with Crippen molar-refractivity contribution in [3.63, 3.8) is 0 Å². The zero-order valence-electron chi connectivity index (χ0n) is 12.2. The van der Waals surface area contributed by atoms with Crippen molar-refractivity contribution >= 4 is 15.9 Å². The Balaban J connectivity index is 2.29. The SMILES string of the molecule is Cc1cc(CNC(C)(C)C)nc(-c2cncc(Br)c2)n1. The number of pyridine rings is 1. The summed E-state index contributed by atoms with van der Waals surface area (Å²) in [5.74, 6) is 0.713. The first-order valence-corrected chi connectivity index (χ1v) is 7.33. The van der Waals surface area contributed by atoms with Gasteiger partial charge in [-0.05, 0) is 55.8 Å². The van der Waals surface area contributed by atoms with Crippen molar-refractivity contribution in [2.24, 2.45) is 0 Å². The number of nitrogens with one attached hydrogen (secondary N) is 1. The summed E-state index contributed by atoms with van der Waals surface area (Å²) in [7, 11) is 0. The van der Waals surface area contributed by atoms with E-state index in [2.05, 4.69) is 57.0 Å². The van der Waals surface area contributed by atoms with E-state index in [0.29, 0.717) is 5.82 Å². The minimum absolute atomic E-state index is 0.0658. The summed E-state index contributed by atoms with van der Waals surface area (Å²) in [5.41, 5.74) is 2.93. The topological polar surface area (TPSA) is 50.7 Å². The molecule has 0 aliphatic carbocycles. The van der Waals surface area contributed by atoms with Crippen molar-refractivity contribution < 1.29 is 0 Å². The average Bonchev–Trinajstić information content (AvgIpc) is 2.35. The Labute approximate surface area is 128 Å². The highest BCUT2D eigenvalue weighted by molar-refractivity contribution is 9.10. The molecule has 0 unspecified atom stereocenters. The second kappa shape index (κ2) is 5.97. The first-order chi connectivity index (χ1) is 9.33. The molecule has 0 saturated heterocycles. The van der Waals surface area contributed by atoms with Crippen LogP contribution in [0.1, 0.15) is 32.2 Å². The molecule has 0 aliphatic rings. The predicted octanol–water partition coefficient (Wildman–Crippen LogP) is 3.50. The van der Waals surface area contributed by atoms with E-state index < -0.39 is 0 Å². The molecule has 0 radical (unpaired) electrons. The van der Waals surface area contributed by atoms with Gasteiger partial charge >= 0.3 is 0 Å². The molecule has 2 aromatic rings. The van der Waals surface area contributed by atoms with Gasteiger partial charge in [0.25, 0.3) is 0 Å². The summed E-state index contributed by atoms with van der Waals surface area (Å²) in [6, 6.07) is 3.98. The maximum absolute atomic E-state index is 4.61. The predicted molar refractivity (Wildman–Crippen MR) is 84.3 cm³/mol. The Hall–Kier alpha value is -1.33. The third kappa shape index (κ3) is 4.35. The molecule has 4 nitrogen and oxygen atoms in total. The standard InChI is InChI=1S/C15H19BrN4/c1-10-5-13(9-18-15(2,3)4)20-14(19-10)11-6-12(16)8-17-7-11/h5-8,18H,9H2,1-4H3. The smallest absolute Gasteiger partial charge is 0.161 e. The van der Waals surface area contributed by atoms with E-state index >= 15 is 0 Å². The van der Waals surface area contributed by atoms with Crippen LogP contribution in [0.15, 0.2) is 29.0 Å². The van der Waals surface area contributed by atoms with Crippen LogP contribution < -0.4 is 5.32 Å². The Morgan fingerprint density at radius 3 is 2.55 bits per heavy atom. The van der Waals surface area contributed by atoms with Crippen LogP contribution in [0.3, 0.4) is 0 Å². The maximum Gasteiger partial charge on any atom is 0.161 e. The van der Waals surface area contributed by atoms with Crippen LogP contribution in [0.25, 0.3) is 11.4 Å². The van der Waals surface area contributed by atoms with Crippen LogP contribution in [0.5, 0.6) is 0 Å². The van der Waals surface area contributed by atoms with E-state index in [-0.39, 0.29) is 5.54 Å². The first kappa shape index (κ1) is 15.1. The summed E-state index contributed by atoms with van der Waals surface area (Å²) >= 11 is 3.42. The lowest BCUT2D eigenvalue weighted by atomic mass is 10.1. The fourth-order valence-corrected chi connectivity index (χ4v) is 2.11. The highest BCUT2D eigenvalue weighted by Gasteiger charge is 2.11. The molecule has 5 heteroatoms. The van der Waals surface area contributed by atoms with Crippen LogP contribution in [-0.2, 0) is 6.54 Å². The second-order valence-corrected chi connectivity index (χ2v) is 6.74. The fraction of sp³-hybridized carbons (Fsp3) is 0.400. The number of nitrogens with zero attached hydrogens (tertiary/aromatic N) is 3. The summed E-state index contributed by atoms with van der Waals surface area (Å²) in [4.78, 5) is 13.3. The number of aromatic nitrogens is 3. The van der Waals surface area contributed by atoms with Gasteiger partial charge in [-0.25, -0.2) is 9.97 Å². The van der Waals surface area contributed by atoms with E-state index in [4.69, 9.17) is 0 Å². The van der Waals surface area contributed by atoms with Gasteiger partial charge in [-0.3, -0.25) is 4.98 Å². The zero-order chi connectivity index (χ0) is 14.8. The summed E-state index contributed by atoms with van der Waals surface area (Å²) in [5, 5.41) is 3.44. The van der Waals surface area contributed by atoms with E-state index in [0.717, 1.165) is 28.0 Å². The van der Waals surface area contributed by atoms with Crippen LogP contribution in [0, 0.1) is 6.92 Å². The Morgan fingerprint density at radius 1 is 1.15 bits per heavy atom. The largest absolute Gasteiger partial charge is 0.306 e. The minimum atomic E-state index is 0.0658. The van der Waals surface area contributed by atoms with Gasteiger partial charge in [0.05, 0.1) is 5.69 Å². The van der Waals surface area contributed by atoms with Gasteiger partial charge < -0.3 is 5.32 Å². The molecular weight excluding hydrogens is 316 g/mol. The quantitative estimate of drug-likeness (QED) is 0.933. The lowest BCUT2D eigenvalue weighted by molar-refractivity contribution is 0.421. The number of hydrogen-bond donors (Lipinski definition) is 1. The van der Waals surface area contributed by atoms with Crippen LogP contribution >= 0.6 is 15.9 Å². The zero-order valence-corrected chi connectivity index (χ0v) is 13.8. The summed E-state index contributed by atoms with van der Waals surface area (Å²) in [6.07, 6.45) is 3.53. The van der Waals surface area contributed by atoms with Crippen molar-refractivity contribution in [3.05, 3.63) is 40.4 Å². The minimum Gasteiger partial charge on any atom is -0.306 e. The first-order valence-electron chi connectivity index (χ1n) is 6.54. The van der Waals surface area contributed by atoms with Crippen molar-refractivity contribution in [3.8, 4) is 11.4 Å². The van der Waals surface area contributed by atoms with Crippen molar-refractivity contribution in [1.82, 2.24) is 20.3 Å². The van der Waals surface area contributed by atoms with Gasteiger partial charge in [-0.1, -0.05) is 0 Å². The lowest BCUT2D eigenvalue weighted by Crippen LogP contribution is -2.35. The van der Waals surface area contributed by atoms with E-state index in [1.165, 1.54) is 0 Å². The van der Waals surface area contributed by atoms with Gasteiger partial charge in [0.2, 0.25) is 0 Å². The average molecular weight is 335 g/mol. The molecule has 20 heavy (non-hydrogen) atoms. The molecule has 0 fully saturated rings. The van der Waals surface area contributed by atoms with E-state index in [1.807, 2.05) is 19.1 Å². The molecule has 0 atom stereocenters. The number of hydrogen-bond acceptors (Lipinski definition) is 4. The highest BCUT2D eigenvalue weighted by Crippen LogP contribution is 2.19. The highest BCUT2D eigenvalue weighted by atomic mass is 79.9.